The van der Waals surface area contributed by atoms with Gasteiger partial charge in [-0.25, -0.2) is 4.39 Å². The second kappa shape index (κ2) is 6.98. The van der Waals surface area contributed by atoms with Gasteiger partial charge in [0.15, 0.2) is 5.75 Å². The molecule has 3 N–H and O–H groups in total. The van der Waals surface area contributed by atoms with Gasteiger partial charge in [-0.05, 0) is 32.0 Å². The lowest BCUT2D eigenvalue weighted by atomic mass is 10.0. The first-order valence-corrected chi connectivity index (χ1v) is 6.42. The Morgan fingerprint density at radius 1 is 1.57 bits per heavy atom. The molecule has 0 bridgehead atoms. The first-order valence-electron chi connectivity index (χ1n) is 6.42. The molecule has 0 fully saturated rings. The summed E-state index contributed by atoms with van der Waals surface area (Å²) in [6.45, 7) is 3.80. The number of nitrogens with one attached hydrogen (secondary N) is 1. The van der Waals surface area contributed by atoms with E-state index in [0.29, 0.717) is 6.54 Å². The van der Waals surface area contributed by atoms with E-state index in [-0.39, 0.29) is 12.4 Å². The van der Waals surface area contributed by atoms with E-state index in [9.17, 15) is 19.3 Å². The third-order valence-corrected chi connectivity index (χ3v) is 2.94. The molecule has 1 amide bonds. The summed E-state index contributed by atoms with van der Waals surface area (Å²) in [5.74, 6) is -1.50. The summed E-state index contributed by atoms with van der Waals surface area (Å²) in [6, 6.07) is 2.95. The van der Waals surface area contributed by atoms with Crippen LogP contribution in [0.1, 0.15) is 20.3 Å². The molecule has 8 heteroatoms. The summed E-state index contributed by atoms with van der Waals surface area (Å²) in [4.78, 5) is 21.6. The molecular weight excluding hydrogens is 281 g/mol. The Kier molecular flexibility index (Phi) is 5.60. The Morgan fingerprint density at radius 3 is 2.76 bits per heavy atom. The highest BCUT2D eigenvalue weighted by atomic mass is 19.1. The second-order valence-electron chi connectivity index (χ2n) is 4.78. The monoisotopic (exact) mass is 299 g/mol. The van der Waals surface area contributed by atoms with Gasteiger partial charge in [0.2, 0.25) is 5.91 Å². The number of carbonyl (C=O) groups is 1. The quantitative estimate of drug-likeness (QED) is 0.556. The lowest BCUT2D eigenvalue weighted by Gasteiger charge is -2.27. The van der Waals surface area contributed by atoms with Crippen LogP contribution in [0.3, 0.4) is 0 Å². The molecule has 0 spiro atoms. The van der Waals surface area contributed by atoms with Crippen molar-refractivity contribution in [1.29, 1.82) is 0 Å². The summed E-state index contributed by atoms with van der Waals surface area (Å²) in [6.07, 6.45) is 0.777. The molecular formula is C13H18FN3O4. The maximum Gasteiger partial charge on any atom is 0.313 e. The maximum atomic E-state index is 13.0. The van der Waals surface area contributed by atoms with Crippen LogP contribution >= 0.6 is 0 Å². The summed E-state index contributed by atoms with van der Waals surface area (Å²) < 4.78 is 18.3. The summed E-state index contributed by atoms with van der Waals surface area (Å²) in [7, 11) is 0. The van der Waals surface area contributed by atoms with Crippen molar-refractivity contribution >= 4 is 11.6 Å². The predicted octanol–water partition coefficient (Wildman–Crippen LogP) is 1.36. The van der Waals surface area contributed by atoms with Crippen LogP contribution in [0.15, 0.2) is 18.2 Å². The van der Waals surface area contributed by atoms with Crippen LogP contribution in [0.4, 0.5) is 10.1 Å². The van der Waals surface area contributed by atoms with Gasteiger partial charge in [-0.3, -0.25) is 14.9 Å². The van der Waals surface area contributed by atoms with Crippen molar-refractivity contribution < 1.29 is 18.8 Å². The number of halogens is 1. The van der Waals surface area contributed by atoms with E-state index >= 15 is 0 Å². The Balaban J connectivity index is 2.90. The van der Waals surface area contributed by atoms with Crippen molar-refractivity contribution in [3.05, 3.63) is 34.1 Å². The predicted molar refractivity (Wildman–Crippen MR) is 74.4 cm³/mol. The number of hydrogen-bond donors (Lipinski definition) is 2. The molecule has 0 aliphatic carbocycles. The Hall–Kier alpha value is -2.22. The van der Waals surface area contributed by atoms with Crippen LogP contribution < -0.4 is 15.8 Å². The van der Waals surface area contributed by atoms with Gasteiger partial charge >= 0.3 is 5.69 Å². The molecule has 0 aliphatic rings. The number of nitrogens with zero attached hydrogens (tertiary/aromatic N) is 1. The lowest BCUT2D eigenvalue weighted by Crippen LogP contribution is -2.57. The molecule has 0 aromatic heterocycles. The van der Waals surface area contributed by atoms with Gasteiger partial charge in [0.05, 0.1) is 11.0 Å². The number of primary amides is 1. The van der Waals surface area contributed by atoms with Crippen molar-refractivity contribution in [3.63, 3.8) is 0 Å². The van der Waals surface area contributed by atoms with E-state index in [1.165, 1.54) is 0 Å². The summed E-state index contributed by atoms with van der Waals surface area (Å²) >= 11 is 0. The highest BCUT2D eigenvalue weighted by Gasteiger charge is 2.32. The van der Waals surface area contributed by atoms with Crippen molar-refractivity contribution in [3.8, 4) is 5.75 Å². The van der Waals surface area contributed by atoms with E-state index in [2.05, 4.69) is 5.32 Å². The van der Waals surface area contributed by atoms with E-state index in [0.717, 1.165) is 24.6 Å². The standard InChI is InChI=1S/C13H18FN3O4/c1-3-6-16-13(2,12(15)18)8-21-11-5-4-9(14)7-10(11)17(19)20/h4-5,7,16H,3,6,8H2,1-2H3,(H2,15,18). The van der Waals surface area contributed by atoms with Crippen molar-refractivity contribution in [2.45, 2.75) is 25.8 Å². The number of nitrogens with two attached hydrogens (primary N) is 1. The van der Waals surface area contributed by atoms with Crippen LogP contribution in [-0.4, -0.2) is 29.5 Å². The van der Waals surface area contributed by atoms with Gasteiger partial charge in [0.1, 0.15) is 18.0 Å². The number of nitro groups is 1. The van der Waals surface area contributed by atoms with Gasteiger partial charge in [-0.1, -0.05) is 6.92 Å². The molecule has 1 rings (SSSR count). The molecule has 0 radical (unpaired) electrons. The Labute approximate surface area is 121 Å². The summed E-state index contributed by atoms with van der Waals surface area (Å²) in [5.41, 5.74) is 3.65. The Morgan fingerprint density at radius 2 is 2.24 bits per heavy atom. The van der Waals surface area contributed by atoms with Crippen LogP contribution in [-0.2, 0) is 4.79 Å². The van der Waals surface area contributed by atoms with Gasteiger partial charge in [0, 0.05) is 0 Å². The smallest absolute Gasteiger partial charge is 0.313 e. The van der Waals surface area contributed by atoms with Gasteiger partial charge < -0.3 is 15.8 Å². The maximum absolute atomic E-state index is 13.0. The van der Waals surface area contributed by atoms with Gasteiger partial charge in [0.25, 0.3) is 0 Å². The fourth-order valence-corrected chi connectivity index (χ4v) is 1.59. The second-order valence-corrected chi connectivity index (χ2v) is 4.78. The minimum absolute atomic E-state index is 0.118. The molecule has 1 aromatic rings. The zero-order chi connectivity index (χ0) is 16.0. The zero-order valence-corrected chi connectivity index (χ0v) is 11.9. The Bertz CT molecular complexity index is 538. The number of hydrogen-bond acceptors (Lipinski definition) is 5. The minimum Gasteiger partial charge on any atom is -0.484 e. The molecule has 1 atom stereocenters. The van der Waals surface area contributed by atoms with Gasteiger partial charge in [-0.2, -0.15) is 0 Å². The van der Waals surface area contributed by atoms with Crippen molar-refractivity contribution in [1.82, 2.24) is 5.32 Å². The third kappa shape index (κ3) is 4.38. The number of benzene rings is 1. The molecule has 1 aromatic carbocycles. The van der Waals surface area contributed by atoms with Crippen molar-refractivity contribution in [2.75, 3.05) is 13.2 Å². The number of ether oxygens (including phenoxy) is 1. The minimum atomic E-state index is -1.17. The first-order chi connectivity index (χ1) is 9.80. The number of carbonyl (C=O) groups excluding carboxylic acids is 1. The fraction of sp³-hybridized carbons (Fsp3) is 0.462. The van der Waals surface area contributed by atoms with Crippen molar-refractivity contribution in [2.24, 2.45) is 5.73 Å². The third-order valence-electron chi connectivity index (χ3n) is 2.94. The lowest BCUT2D eigenvalue weighted by molar-refractivity contribution is -0.386. The number of amides is 1. The number of rotatable bonds is 8. The van der Waals surface area contributed by atoms with Crippen LogP contribution in [0.5, 0.6) is 5.75 Å². The molecule has 0 aliphatic heterocycles. The van der Waals surface area contributed by atoms with Crippen LogP contribution in [0.25, 0.3) is 0 Å². The molecule has 21 heavy (non-hydrogen) atoms. The van der Waals surface area contributed by atoms with Crippen LogP contribution in [0, 0.1) is 15.9 Å². The molecule has 0 heterocycles. The fourth-order valence-electron chi connectivity index (χ4n) is 1.59. The van der Waals surface area contributed by atoms with E-state index < -0.39 is 27.9 Å². The van der Waals surface area contributed by atoms with E-state index in [1.807, 2.05) is 6.92 Å². The molecule has 1 unspecified atom stereocenters. The van der Waals surface area contributed by atoms with Crippen LogP contribution in [0.2, 0.25) is 0 Å². The van der Waals surface area contributed by atoms with Gasteiger partial charge in [-0.15, -0.1) is 0 Å². The highest BCUT2D eigenvalue weighted by molar-refractivity contribution is 5.84. The molecule has 0 saturated heterocycles. The van der Waals surface area contributed by atoms with E-state index in [4.69, 9.17) is 10.5 Å². The SMILES string of the molecule is CCCNC(C)(COc1ccc(F)cc1[N+](=O)[O-])C(N)=O. The van der Waals surface area contributed by atoms with E-state index in [1.54, 1.807) is 6.92 Å². The average molecular weight is 299 g/mol. The zero-order valence-electron chi connectivity index (χ0n) is 11.9. The molecule has 0 saturated carbocycles. The summed E-state index contributed by atoms with van der Waals surface area (Å²) in [5, 5.41) is 13.8. The largest absolute Gasteiger partial charge is 0.484 e. The average Bonchev–Trinajstić information content (AvgIpc) is 2.43. The first kappa shape index (κ1) is 16.8. The molecule has 116 valence electrons. The number of nitro benzene ring substituents is 1. The molecule has 7 nitrogen and oxygen atoms in total. The highest BCUT2D eigenvalue weighted by Crippen LogP contribution is 2.28. The topological polar surface area (TPSA) is 107 Å². The normalized spacial score (nSPS) is 13.5.